The van der Waals surface area contributed by atoms with Crippen molar-refractivity contribution in [1.29, 1.82) is 5.26 Å². The van der Waals surface area contributed by atoms with Crippen LogP contribution in [0.4, 0.5) is 0 Å². The van der Waals surface area contributed by atoms with Gasteiger partial charge in [-0.1, -0.05) is 0 Å². The van der Waals surface area contributed by atoms with E-state index in [1.807, 2.05) is 0 Å². The van der Waals surface area contributed by atoms with Crippen LogP contribution in [0.15, 0.2) is 0 Å². The fraction of sp³-hybridized carbons (Fsp3) is 0.500. The maximum absolute atomic E-state index is 9.56. The van der Waals surface area contributed by atoms with Gasteiger partial charge in [0.25, 0.3) is 10.1 Å². The van der Waals surface area contributed by atoms with Crippen LogP contribution in [0.25, 0.3) is 0 Å². The molecule has 0 aliphatic rings. The van der Waals surface area contributed by atoms with E-state index in [2.05, 4.69) is 0 Å². The predicted molar refractivity (Wildman–Crippen MR) is 27.8 cm³/mol. The monoisotopic (exact) mass is 144 g/mol. The van der Waals surface area contributed by atoms with Crippen LogP contribution in [0.1, 0.15) is 0 Å². The minimum Gasteiger partial charge on any atom is -0.285 e. The van der Waals surface area contributed by atoms with E-state index in [-0.39, 0.29) is 29.6 Å². The Morgan fingerprint density at radius 2 is 2.00 bits per heavy atom. The van der Waals surface area contributed by atoms with Gasteiger partial charge in [0.1, 0.15) is 0 Å². The normalized spacial score (nSPS) is 9.00. The van der Waals surface area contributed by atoms with Gasteiger partial charge in [0.15, 0.2) is 5.75 Å². The van der Waals surface area contributed by atoms with Gasteiger partial charge in [0.2, 0.25) is 0 Å². The summed E-state index contributed by atoms with van der Waals surface area (Å²) >= 11 is 0. The summed E-state index contributed by atoms with van der Waals surface area (Å²) < 4.78 is 26.9. The molecule has 4 nitrogen and oxygen atoms in total. The standard InChI is InChI=1S/C2H3NO3S.Na/c3-1-2-7(4,5)6;/h2H2,(H,4,5,6);. The van der Waals surface area contributed by atoms with Gasteiger partial charge in [0.05, 0.1) is 6.07 Å². The Kier molecular flexibility index (Phi) is 6.03. The minimum absolute atomic E-state index is 0. The number of nitrogens with zero attached hydrogens (tertiary/aromatic N) is 1. The van der Waals surface area contributed by atoms with E-state index in [1.54, 1.807) is 0 Å². The Hall–Kier alpha value is 0.400. The van der Waals surface area contributed by atoms with Gasteiger partial charge in [-0.15, -0.1) is 0 Å². The summed E-state index contributed by atoms with van der Waals surface area (Å²) in [5, 5.41) is 7.61. The van der Waals surface area contributed by atoms with Crippen LogP contribution in [0, 0.1) is 11.3 Å². The first-order valence-corrected chi connectivity index (χ1v) is 2.99. The number of hydrogen-bond donors (Lipinski definition) is 1. The van der Waals surface area contributed by atoms with Crippen LogP contribution < -0.4 is 0 Å². The van der Waals surface area contributed by atoms with E-state index >= 15 is 0 Å². The van der Waals surface area contributed by atoms with Crippen LogP contribution in [0.2, 0.25) is 0 Å². The Labute approximate surface area is 69.5 Å². The van der Waals surface area contributed by atoms with Crippen molar-refractivity contribution in [3.63, 3.8) is 0 Å². The molecule has 0 amide bonds. The molecule has 0 aromatic rings. The van der Waals surface area contributed by atoms with Crippen LogP contribution in [0.3, 0.4) is 0 Å². The molecular formula is C2H3NNaO3S. The molecule has 0 atom stereocenters. The van der Waals surface area contributed by atoms with Gasteiger partial charge in [-0.25, -0.2) is 0 Å². The van der Waals surface area contributed by atoms with E-state index in [0.29, 0.717) is 0 Å². The first-order chi connectivity index (χ1) is 3.06. The molecule has 0 spiro atoms. The number of nitriles is 1. The Bertz CT molecular complexity index is 178. The summed E-state index contributed by atoms with van der Waals surface area (Å²) in [4.78, 5) is 0. The van der Waals surface area contributed by atoms with Crippen LogP contribution in [-0.4, -0.2) is 48.3 Å². The van der Waals surface area contributed by atoms with Crippen molar-refractivity contribution in [3.05, 3.63) is 0 Å². The molecule has 0 heterocycles. The second-order valence-corrected chi connectivity index (χ2v) is 2.34. The van der Waals surface area contributed by atoms with Gasteiger partial charge < -0.3 is 0 Å². The van der Waals surface area contributed by atoms with Crippen LogP contribution in [0.5, 0.6) is 0 Å². The van der Waals surface area contributed by atoms with Gasteiger partial charge >= 0.3 is 0 Å². The molecule has 0 rings (SSSR count). The minimum atomic E-state index is -4.04. The Morgan fingerprint density at radius 3 is 2.00 bits per heavy atom. The third-order valence-electron chi connectivity index (χ3n) is 0.247. The van der Waals surface area contributed by atoms with Crippen molar-refractivity contribution < 1.29 is 13.0 Å². The van der Waals surface area contributed by atoms with E-state index < -0.39 is 15.9 Å². The molecule has 0 bridgehead atoms. The van der Waals surface area contributed by atoms with Crippen LogP contribution >= 0.6 is 0 Å². The average Bonchev–Trinajstić information content (AvgIpc) is 1.30. The summed E-state index contributed by atoms with van der Waals surface area (Å²) in [5.74, 6) is -0.826. The second-order valence-electron chi connectivity index (χ2n) is 0.884. The molecule has 8 heavy (non-hydrogen) atoms. The van der Waals surface area contributed by atoms with Crippen molar-refractivity contribution in [2.45, 2.75) is 0 Å². The van der Waals surface area contributed by atoms with Crippen molar-refractivity contribution in [2.24, 2.45) is 0 Å². The van der Waals surface area contributed by atoms with Crippen LogP contribution in [-0.2, 0) is 10.1 Å². The molecule has 1 radical (unpaired) electrons. The first kappa shape index (κ1) is 11.2. The fourth-order valence-corrected chi connectivity index (χ4v) is 0.245. The molecule has 0 aromatic carbocycles. The molecule has 0 aliphatic carbocycles. The third-order valence-corrected chi connectivity index (χ3v) is 0.741. The van der Waals surface area contributed by atoms with Gasteiger partial charge in [-0.3, -0.25) is 4.55 Å². The van der Waals surface area contributed by atoms with E-state index in [9.17, 15) is 8.42 Å². The van der Waals surface area contributed by atoms with E-state index in [0.717, 1.165) is 0 Å². The zero-order chi connectivity index (χ0) is 5.91. The quantitative estimate of drug-likeness (QED) is 0.379. The first-order valence-electron chi connectivity index (χ1n) is 1.38. The van der Waals surface area contributed by atoms with Gasteiger partial charge in [0, 0.05) is 29.6 Å². The molecule has 0 saturated heterocycles. The summed E-state index contributed by atoms with van der Waals surface area (Å²) in [5.41, 5.74) is 0. The largest absolute Gasteiger partial charge is 0.285 e. The fourth-order valence-electron chi connectivity index (χ4n) is 0.0816. The maximum atomic E-state index is 9.56. The molecular weight excluding hydrogens is 141 g/mol. The van der Waals surface area contributed by atoms with Gasteiger partial charge in [-0.2, -0.15) is 13.7 Å². The smallest absolute Gasteiger partial charge is 0.278 e. The molecule has 0 aliphatic heterocycles. The maximum Gasteiger partial charge on any atom is 0.278 e. The summed E-state index contributed by atoms with van der Waals surface area (Å²) in [7, 11) is -4.04. The third kappa shape index (κ3) is 9.64. The molecule has 0 aromatic heterocycles. The topological polar surface area (TPSA) is 78.2 Å². The Balaban J connectivity index is 0. The average molecular weight is 144 g/mol. The Morgan fingerprint density at radius 1 is 1.62 bits per heavy atom. The molecule has 0 saturated carbocycles. The van der Waals surface area contributed by atoms with Crippen molar-refractivity contribution >= 4 is 39.7 Å². The summed E-state index contributed by atoms with van der Waals surface area (Å²) in [6.45, 7) is 0. The van der Waals surface area contributed by atoms with E-state index in [1.165, 1.54) is 6.07 Å². The zero-order valence-corrected chi connectivity index (χ0v) is 7.14. The predicted octanol–water partition coefficient (Wildman–Crippen LogP) is -0.983. The van der Waals surface area contributed by atoms with Crippen molar-refractivity contribution in [2.75, 3.05) is 5.75 Å². The van der Waals surface area contributed by atoms with Crippen molar-refractivity contribution in [3.8, 4) is 6.07 Å². The summed E-state index contributed by atoms with van der Waals surface area (Å²) in [6.07, 6.45) is 0. The SMILES string of the molecule is N#CCS(=O)(=O)O.[Na]. The number of rotatable bonds is 1. The molecule has 0 fully saturated rings. The molecule has 0 unspecified atom stereocenters. The van der Waals surface area contributed by atoms with E-state index in [4.69, 9.17) is 9.81 Å². The molecule has 41 valence electrons. The van der Waals surface area contributed by atoms with Gasteiger partial charge in [-0.05, 0) is 0 Å². The summed E-state index contributed by atoms with van der Waals surface area (Å²) in [6, 6.07) is 1.27. The zero-order valence-electron chi connectivity index (χ0n) is 4.33. The van der Waals surface area contributed by atoms with Crippen molar-refractivity contribution in [1.82, 2.24) is 0 Å². The molecule has 1 N–H and O–H groups in total. The second kappa shape index (κ2) is 4.30. The molecule has 6 heteroatoms. The number of hydrogen-bond acceptors (Lipinski definition) is 3.